The number of nitrogens with one attached hydrogen (secondary N) is 2. The Bertz CT molecular complexity index is 2420. The first kappa shape index (κ1) is 46.6. The van der Waals surface area contributed by atoms with Gasteiger partial charge in [-0.2, -0.15) is 0 Å². The van der Waals surface area contributed by atoms with E-state index in [9.17, 15) is 14.7 Å². The van der Waals surface area contributed by atoms with Gasteiger partial charge in [-0.3, -0.25) is 9.59 Å². The fraction of sp³-hybridized carbons (Fsp3) is 0.426. The lowest BCUT2D eigenvalue weighted by atomic mass is 9.91. The van der Waals surface area contributed by atoms with Crippen molar-refractivity contribution < 1.29 is 42.9 Å². The molecule has 7 rings (SSSR count). The van der Waals surface area contributed by atoms with Gasteiger partial charge in [0.2, 0.25) is 11.8 Å². The highest BCUT2D eigenvalue weighted by Crippen LogP contribution is 2.35. The summed E-state index contributed by atoms with van der Waals surface area (Å²) < 4.78 is 35.2. The Kier molecular flexibility index (Phi) is 16.3. The molecule has 1 fully saturated rings. The summed E-state index contributed by atoms with van der Waals surface area (Å²) in [6.45, 7) is 10.7. The van der Waals surface area contributed by atoms with Crippen LogP contribution in [0.15, 0.2) is 82.8 Å². The Morgan fingerprint density at radius 1 is 0.875 bits per heavy atom. The maximum Gasteiger partial charge on any atom is 0.254 e. The maximum absolute atomic E-state index is 14.1. The number of benzene rings is 3. The normalized spacial score (nSPS) is 16.0. The summed E-state index contributed by atoms with van der Waals surface area (Å²) in [5.41, 5.74) is 7.87. The first-order valence-corrected chi connectivity index (χ1v) is 23.2. The van der Waals surface area contributed by atoms with Crippen molar-refractivity contribution in [3.63, 3.8) is 0 Å². The molecule has 3 aromatic carbocycles. The van der Waals surface area contributed by atoms with Gasteiger partial charge in [-0.1, -0.05) is 38.1 Å². The number of hydrogen-bond donors (Lipinski definition) is 3. The van der Waals surface area contributed by atoms with Crippen molar-refractivity contribution in [1.82, 2.24) is 25.3 Å². The second kappa shape index (κ2) is 22.5. The van der Waals surface area contributed by atoms with E-state index in [1.807, 2.05) is 94.9 Å². The van der Waals surface area contributed by atoms with E-state index in [2.05, 4.69) is 32.9 Å². The number of rotatable bonds is 23. The van der Waals surface area contributed by atoms with Gasteiger partial charge >= 0.3 is 0 Å². The predicted octanol–water partition coefficient (Wildman–Crippen LogP) is 7.51. The van der Waals surface area contributed by atoms with E-state index in [4.69, 9.17) is 33.2 Å². The molecule has 4 atom stereocenters. The molecule has 17 heteroatoms. The highest BCUT2D eigenvalue weighted by Gasteiger charge is 2.43. The van der Waals surface area contributed by atoms with Crippen LogP contribution in [0.5, 0.6) is 11.6 Å². The Balaban J connectivity index is 0.765. The van der Waals surface area contributed by atoms with Crippen molar-refractivity contribution in [3.8, 4) is 32.6 Å². The molecule has 1 unspecified atom stereocenters. The van der Waals surface area contributed by atoms with E-state index in [0.717, 1.165) is 53.9 Å². The highest BCUT2D eigenvalue weighted by molar-refractivity contribution is 7.21. The Hall–Kier alpha value is -5.43. The van der Waals surface area contributed by atoms with Crippen LogP contribution in [0.3, 0.4) is 0 Å². The Morgan fingerprint density at radius 3 is 2.20 bits per heavy atom. The molecule has 0 bridgehead atoms. The van der Waals surface area contributed by atoms with E-state index < -0.39 is 18.1 Å². The van der Waals surface area contributed by atoms with E-state index >= 15 is 0 Å². The molecule has 1 saturated heterocycles. The number of aryl methyl sites for hydroxylation is 1. The molecule has 0 saturated carbocycles. The van der Waals surface area contributed by atoms with Crippen LogP contribution in [0.2, 0.25) is 0 Å². The lowest BCUT2D eigenvalue weighted by Crippen LogP contribution is -2.48. The number of carbonyl (C=O) groups is 2. The largest absolute Gasteiger partial charge is 0.491 e. The number of carbonyl (C=O) groups excluding carboxylic acids is 2. The minimum absolute atomic E-state index is 0.0416. The summed E-state index contributed by atoms with van der Waals surface area (Å²) in [4.78, 5) is 39.3. The number of aliphatic hydroxyl groups is 1. The molecule has 4 heterocycles. The third-order valence-electron chi connectivity index (χ3n) is 10.9. The van der Waals surface area contributed by atoms with Crippen molar-refractivity contribution in [1.29, 1.82) is 0 Å². The summed E-state index contributed by atoms with van der Waals surface area (Å²) in [6.07, 6.45) is -0.691. The Morgan fingerprint density at radius 2 is 1.55 bits per heavy atom. The molecule has 6 aromatic rings. The number of anilines is 1. The third-order valence-corrected chi connectivity index (χ3v) is 12.9. The van der Waals surface area contributed by atoms with Gasteiger partial charge in [-0.15, -0.1) is 22.7 Å². The number of ether oxygens (including phenoxy) is 5. The van der Waals surface area contributed by atoms with E-state index in [1.54, 1.807) is 28.7 Å². The highest BCUT2D eigenvalue weighted by atomic mass is 32.1. The number of aromatic nitrogens is 3. The average molecular weight is 913 g/mol. The van der Waals surface area contributed by atoms with Crippen molar-refractivity contribution in [2.75, 3.05) is 71.8 Å². The summed E-state index contributed by atoms with van der Waals surface area (Å²) in [5.74, 6) is -0.257. The van der Waals surface area contributed by atoms with Crippen LogP contribution in [0.1, 0.15) is 56.2 Å². The number of hydrogen-bond acceptors (Lipinski definition) is 15. The maximum atomic E-state index is 14.1. The van der Waals surface area contributed by atoms with Gasteiger partial charge in [-0.25, -0.2) is 9.97 Å². The SMILES string of the molecule is CNc1ccc(-c2nc3ccc(OCCOCCOCCOCCOc4cc(C(C(=O)N5C[C@H](O)C[C@H]5C(=O)N[C@@H](C)c5ccc(-c6scnc6C)cc5)C(C)C)on4)cc3s2)cc1. The van der Waals surface area contributed by atoms with Crippen molar-refractivity contribution in [2.24, 2.45) is 5.92 Å². The summed E-state index contributed by atoms with van der Waals surface area (Å²) in [7, 11) is 1.90. The van der Waals surface area contributed by atoms with Gasteiger partial charge in [0.05, 0.1) is 78.1 Å². The lowest BCUT2D eigenvalue weighted by molar-refractivity contribution is -0.141. The molecule has 3 aromatic heterocycles. The first-order chi connectivity index (χ1) is 31.1. The molecule has 2 amide bonds. The monoisotopic (exact) mass is 912 g/mol. The zero-order valence-corrected chi connectivity index (χ0v) is 38.4. The van der Waals surface area contributed by atoms with Gasteiger partial charge in [-0.05, 0) is 78.5 Å². The molecule has 340 valence electrons. The molecule has 0 aliphatic carbocycles. The van der Waals surface area contributed by atoms with E-state index in [0.29, 0.717) is 52.0 Å². The van der Waals surface area contributed by atoms with Crippen LogP contribution in [0, 0.1) is 12.8 Å². The van der Waals surface area contributed by atoms with Crippen LogP contribution < -0.4 is 20.1 Å². The minimum atomic E-state index is -0.836. The van der Waals surface area contributed by atoms with Crippen molar-refractivity contribution in [3.05, 3.63) is 95.3 Å². The third kappa shape index (κ3) is 12.0. The average Bonchev–Trinajstić information content (AvgIpc) is 4.12. The van der Waals surface area contributed by atoms with Crippen molar-refractivity contribution >= 4 is 50.4 Å². The van der Waals surface area contributed by atoms with Crippen LogP contribution in [0.25, 0.3) is 31.2 Å². The smallest absolute Gasteiger partial charge is 0.254 e. The van der Waals surface area contributed by atoms with Gasteiger partial charge in [0.15, 0.2) is 5.76 Å². The quantitative estimate of drug-likeness (QED) is 0.0539. The number of fused-ring (bicyclic) bond motifs is 1. The topological polar surface area (TPSA) is 180 Å². The number of thiazole rings is 2. The fourth-order valence-corrected chi connectivity index (χ4v) is 9.28. The molecule has 3 N–H and O–H groups in total. The van der Waals surface area contributed by atoms with Gasteiger partial charge in [0.1, 0.15) is 35.9 Å². The lowest BCUT2D eigenvalue weighted by Gasteiger charge is -2.29. The van der Waals surface area contributed by atoms with E-state index in [-0.39, 0.29) is 49.2 Å². The van der Waals surface area contributed by atoms with Gasteiger partial charge in [0, 0.05) is 37.3 Å². The zero-order valence-electron chi connectivity index (χ0n) is 36.8. The summed E-state index contributed by atoms with van der Waals surface area (Å²) >= 11 is 3.22. The predicted molar refractivity (Wildman–Crippen MR) is 247 cm³/mol. The number of likely N-dealkylation sites (tertiary alicyclic amines) is 1. The molecule has 0 spiro atoms. The molecule has 0 radical (unpaired) electrons. The van der Waals surface area contributed by atoms with Crippen LogP contribution >= 0.6 is 22.7 Å². The first-order valence-electron chi connectivity index (χ1n) is 21.5. The molecular weight excluding hydrogens is 857 g/mol. The van der Waals surface area contributed by atoms with Crippen LogP contribution in [-0.4, -0.2) is 116 Å². The number of amides is 2. The van der Waals surface area contributed by atoms with Crippen LogP contribution in [-0.2, 0) is 23.8 Å². The number of aliphatic hydroxyl groups excluding tert-OH is 1. The zero-order chi connectivity index (χ0) is 45.0. The molecule has 1 aliphatic heterocycles. The minimum Gasteiger partial charge on any atom is -0.491 e. The van der Waals surface area contributed by atoms with Crippen LogP contribution in [0.4, 0.5) is 5.69 Å². The van der Waals surface area contributed by atoms with E-state index in [1.165, 1.54) is 4.90 Å². The summed E-state index contributed by atoms with van der Waals surface area (Å²) in [6, 6.07) is 22.6. The van der Waals surface area contributed by atoms with Gasteiger partial charge in [0.25, 0.3) is 5.88 Å². The molecule has 64 heavy (non-hydrogen) atoms. The molecule has 15 nitrogen and oxygen atoms in total. The summed E-state index contributed by atoms with van der Waals surface area (Å²) in [5, 5.41) is 21.8. The molecule has 1 aliphatic rings. The van der Waals surface area contributed by atoms with Gasteiger partial charge < -0.3 is 48.8 Å². The standard InChI is InChI=1S/C47H56N6O9S2/c1-29(2)43(47(56)53-27-36(54)24-39(53)45(55)50-30(3)32-6-8-33(9-7-32)44-31(4)49-28-63-44)40-26-42(52-62-40)61-23-21-59-19-17-57-16-18-58-20-22-60-37-14-15-38-41(25-37)64-46(51-38)34-10-12-35(48-5)13-11-34/h6-15,25-26,28-30,36,39,43,48,54H,16-24,27H2,1-5H3,(H,50,55)/t30-,36+,39-,43?/m0/s1. The second-order valence-electron chi connectivity index (χ2n) is 15.8. The number of β-amino-alcohol motifs (C(OH)–C–C–N with tert-alkyl or cyclic N) is 1. The number of nitrogens with zero attached hydrogens (tertiary/aromatic N) is 4. The Labute approximate surface area is 381 Å². The van der Waals surface area contributed by atoms with Crippen molar-refractivity contribution in [2.45, 2.75) is 58.2 Å². The molecular formula is C47H56N6O9S2. The fourth-order valence-electron chi connectivity index (χ4n) is 7.46. The second-order valence-corrected chi connectivity index (χ2v) is 17.7.